The Morgan fingerprint density at radius 3 is 2.38 bits per heavy atom. The van der Waals surface area contributed by atoms with Crippen LogP contribution in [0.2, 0.25) is 0 Å². The summed E-state index contributed by atoms with van der Waals surface area (Å²) in [6, 6.07) is 7.62. The zero-order chi connectivity index (χ0) is 15.0. The molecule has 0 N–H and O–H groups in total. The first-order chi connectivity index (χ1) is 10.00. The molecule has 1 amide bonds. The van der Waals surface area contributed by atoms with Crippen LogP contribution in [-0.2, 0) is 21.4 Å². The van der Waals surface area contributed by atoms with Gasteiger partial charge in [0, 0.05) is 39.6 Å². The Labute approximate surface area is 125 Å². The van der Waals surface area contributed by atoms with Crippen molar-refractivity contribution in [2.24, 2.45) is 0 Å². The van der Waals surface area contributed by atoms with Gasteiger partial charge in [-0.2, -0.15) is 12.7 Å². The van der Waals surface area contributed by atoms with Gasteiger partial charge in [-0.25, -0.2) is 0 Å². The fourth-order valence-electron chi connectivity index (χ4n) is 2.92. The molecule has 3 rings (SSSR count). The van der Waals surface area contributed by atoms with Crippen LogP contribution in [0.5, 0.6) is 0 Å². The van der Waals surface area contributed by atoms with E-state index in [1.165, 1.54) is 15.5 Å². The van der Waals surface area contributed by atoms with E-state index >= 15 is 0 Å². The number of para-hydroxylation sites is 1. The molecule has 114 valence electrons. The largest absolute Gasteiger partial charge is 0.340 e. The van der Waals surface area contributed by atoms with Crippen molar-refractivity contribution in [3.63, 3.8) is 0 Å². The summed E-state index contributed by atoms with van der Waals surface area (Å²) in [5.41, 5.74) is 1.86. The molecule has 7 heteroatoms. The molecule has 0 spiro atoms. The first-order valence-corrected chi connectivity index (χ1v) is 8.51. The minimum absolute atomic E-state index is 0.00133. The van der Waals surface area contributed by atoms with Crippen molar-refractivity contribution < 1.29 is 13.2 Å². The lowest BCUT2D eigenvalue weighted by Gasteiger charge is -2.36. The molecular formula is C14H19N3O3S. The van der Waals surface area contributed by atoms with Gasteiger partial charge < -0.3 is 4.90 Å². The van der Waals surface area contributed by atoms with Crippen LogP contribution in [-0.4, -0.2) is 56.3 Å². The molecule has 1 aromatic rings. The molecule has 2 heterocycles. The highest BCUT2D eigenvalue weighted by molar-refractivity contribution is 7.90. The second-order valence-corrected chi connectivity index (χ2v) is 7.22. The molecule has 0 bridgehead atoms. The molecule has 2 aliphatic rings. The number of benzene rings is 1. The first-order valence-electron chi connectivity index (χ1n) is 7.11. The van der Waals surface area contributed by atoms with Crippen LogP contribution >= 0.6 is 0 Å². The van der Waals surface area contributed by atoms with Gasteiger partial charge in [-0.1, -0.05) is 18.2 Å². The molecule has 0 unspecified atom stereocenters. The normalized spacial score (nSPS) is 19.7. The van der Waals surface area contributed by atoms with Gasteiger partial charge in [0.25, 0.3) is 0 Å². The molecule has 21 heavy (non-hydrogen) atoms. The lowest BCUT2D eigenvalue weighted by Crippen LogP contribution is -2.53. The maximum Gasteiger partial charge on any atom is 0.304 e. The minimum atomic E-state index is -3.50. The summed E-state index contributed by atoms with van der Waals surface area (Å²) in [6.07, 6.45) is 0.753. The standard InChI is InChI=1S/C14H19N3O3S/c1-12(18)15-8-10-16(11-9-15)21(19,20)17-7-6-13-4-2-3-5-14(13)17/h2-5H,6-11H2,1H3. The van der Waals surface area contributed by atoms with E-state index < -0.39 is 10.2 Å². The third-order valence-electron chi connectivity index (χ3n) is 4.13. The van der Waals surface area contributed by atoms with Crippen LogP contribution in [0.4, 0.5) is 5.69 Å². The second-order valence-electron chi connectivity index (χ2n) is 5.36. The van der Waals surface area contributed by atoms with E-state index in [2.05, 4.69) is 0 Å². The number of hydrogen-bond acceptors (Lipinski definition) is 3. The van der Waals surface area contributed by atoms with Crippen LogP contribution in [0, 0.1) is 0 Å². The zero-order valence-electron chi connectivity index (χ0n) is 12.0. The van der Waals surface area contributed by atoms with Crippen molar-refractivity contribution >= 4 is 21.8 Å². The number of hydrogen-bond donors (Lipinski definition) is 0. The summed E-state index contributed by atoms with van der Waals surface area (Å²) in [5.74, 6) is -0.00133. The van der Waals surface area contributed by atoms with Gasteiger partial charge in [0.05, 0.1) is 5.69 Å². The molecule has 6 nitrogen and oxygen atoms in total. The van der Waals surface area contributed by atoms with Crippen molar-refractivity contribution in [2.75, 3.05) is 37.0 Å². The summed E-state index contributed by atoms with van der Waals surface area (Å²) in [6.45, 7) is 3.66. The summed E-state index contributed by atoms with van der Waals surface area (Å²) >= 11 is 0. The number of amides is 1. The molecule has 1 fully saturated rings. The monoisotopic (exact) mass is 309 g/mol. The van der Waals surface area contributed by atoms with E-state index in [0.29, 0.717) is 32.7 Å². The number of piperazine rings is 1. The predicted molar refractivity (Wildman–Crippen MR) is 80.2 cm³/mol. The van der Waals surface area contributed by atoms with Crippen LogP contribution in [0.3, 0.4) is 0 Å². The predicted octanol–water partition coefficient (Wildman–Crippen LogP) is 0.458. The summed E-state index contributed by atoms with van der Waals surface area (Å²) in [4.78, 5) is 13.0. The smallest absolute Gasteiger partial charge is 0.304 e. The van der Waals surface area contributed by atoms with E-state index in [0.717, 1.165) is 17.7 Å². The third-order valence-corrected chi connectivity index (χ3v) is 6.09. The number of fused-ring (bicyclic) bond motifs is 1. The summed E-state index contributed by atoms with van der Waals surface area (Å²) < 4.78 is 28.5. The SMILES string of the molecule is CC(=O)N1CCN(S(=O)(=O)N2CCc3ccccc32)CC1. The average Bonchev–Trinajstić information content (AvgIpc) is 2.92. The molecule has 0 aliphatic carbocycles. The number of carbonyl (C=O) groups excluding carboxylic acids is 1. The Kier molecular flexibility index (Phi) is 3.62. The maximum atomic E-state index is 12.8. The van der Waals surface area contributed by atoms with E-state index in [1.807, 2.05) is 24.3 Å². The van der Waals surface area contributed by atoms with Crippen LogP contribution < -0.4 is 4.31 Å². The van der Waals surface area contributed by atoms with Gasteiger partial charge >= 0.3 is 10.2 Å². The summed E-state index contributed by atoms with van der Waals surface area (Å²) in [7, 11) is -3.50. The number of carbonyl (C=O) groups is 1. The molecule has 2 aliphatic heterocycles. The van der Waals surface area contributed by atoms with Crippen LogP contribution in [0.25, 0.3) is 0 Å². The van der Waals surface area contributed by atoms with Crippen LogP contribution in [0.15, 0.2) is 24.3 Å². The van der Waals surface area contributed by atoms with Gasteiger partial charge in [0.15, 0.2) is 0 Å². The van der Waals surface area contributed by atoms with Crippen molar-refractivity contribution in [1.82, 2.24) is 9.21 Å². The van der Waals surface area contributed by atoms with Crippen LogP contribution in [0.1, 0.15) is 12.5 Å². The van der Waals surface area contributed by atoms with E-state index in [9.17, 15) is 13.2 Å². The maximum absolute atomic E-state index is 12.8. The highest BCUT2D eigenvalue weighted by Crippen LogP contribution is 2.31. The Hall–Kier alpha value is -1.60. The molecule has 0 saturated carbocycles. The van der Waals surface area contributed by atoms with Gasteiger partial charge in [0.1, 0.15) is 0 Å². The van der Waals surface area contributed by atoms with E-state index in [4.69, 9.17) is 0 Å². The van der Waals surface area contributed by atoms with Crippen molar-refractivity contribution in [1.29, 1.82) is 0 Å². The van der Waals surface area contributed by atoms with Gasteiger partial charge in [-0.05, 0) is 18.1 Å². The molecule has 0 atom stereocenters. The van der Waals surface area contributed by atoms with Gasteiger partial charge in [0.2, 0.25) is 5.91 Å². The van der Waals surface area contributed by atoms with Gasteiger partial charge in [-0.3, -0.25) is 9.10 Å². The Bertz CT molecular complexity index is 651. The zero-order valence-corrected chi connectivity index (χ0v) is 12.8. The van der Waals surface area contributed by atoms with Crippen molar-refractivity contribution in [3.05, 3.63) is 29.8 Å². The lowest BCUT2D eigenvalue weighted by atomic mass is 10.2. The highest BCUT2D eigenvalue weighted by Gasteiger charge is 2.36. The van der Waals surface area contributed by atoms with Crippen molar-refractivity contribution in [3.8, 4) is 0 Å². The molecule has 0 aromatic heterocycles. The fourth-order valence-corrected chi connectivity index (χ4v) is 4.57. The average molecular weight is 309 g/mol. The number of nitrogens with zero attached hydrogens (tertiary/aromatic N) is 3. The number of anilines is 1. The summed E-state index contributed by atoms with van der Waals surface area (Å²) in [5, 5.41) is 0. The Morgan fingerprint density at radius 1 is 1.05 bits per heavy atom. The molecule has 1 aromatic carbocycles. The topological polar surface area (TPSA) is 60.9 Å². The molecular weight excluding hydrogens is 290 g/mol. The minimum Gasteiger partial charge on any atom is -0.340 e. The van der Waals surface area contributed by atoms with E-state index in [1.54, 1.807) is 4.90 Å². The first kappa shape index (κ1) is 14.3. The fraction of sp³-hybridized carbons (Fsp3) is 0.500. The van der Waals surface area contributed by atoms with E-state index in [-0.39, 0.29) is 5.91 Å². The van der Waals surface area contributed by atoms with Crippen molar-refractivity contribution in [2.45, 2.75) is 13.3 Å². The van der Waals surface area contributed by atoms with Gasteiger partial charge in [-0.15, -0.1) is 0 Å². The molecule has 0 radical (unpaired) electrons. The quantitative estimate of drug-likeness (QED) is 0.797. The Morgan fingerprint density at radius 2 is 1.71 bits per heavy atom. The lowest BCUT2D eigenvalue weighted by molar-refractivity contribution is -0.129. The molecule has 1 saturated heterocycles. The second kappa shape index (κ2) is 5.31. The third kappa shape index (κ3) is 2.51. The number of rotatable bonds is 2. The Balaban J connectivity index is 1.79. The highest BCUT2D eigenvalue weighted by atomic mass is 32.2.